The maximum atomic E-state index is 13.7. The van der Waals surface area contributed by atoms with Crippen molar-refractivity contribution in [3.05, 3.63) is 35.9 Å². The molecule has 2 N–H and O–H groups in total. The lowest BCUT2D eigenvalue weighted by molar-refractivity contribution is -0.130. The highest BCUT2D eigenvalue weighted by Gasteiger charge is 2.57. The number of hydrogen-bond donors (Lipinski definition) is 2. The summed E-state index contributed by atoms with van der Waals surface area (Å²) in [6.07, 6.45) is 4.84. The highest BCUT2D eigenvalue weighted by Crippen LogP contribution is 2.47. The Morgan fingerprint density at radius 1 is 1.05 bits per heavy atom. The number of nitrogens with zero attached hydrogens (tertiary/aromatic N) is 3. The number of β-amino-alcohol motifs (C(OH)–C–C–N with tert-alkyl or cyclic N) is 1. The number of halogens is 2. The molecule has 3 aliphatic heterocycles. The molecule has 3 atom stereocenters. The van der Waals surface area contributed by atoms with Crippen LogP contribution in [0.4, 0.5) is 13.6 Å². The summed E-state index contributed by atoms with van der Waals surface area (Å²) < 4.78 is 27.3. The normalized spacial score (nSPS) is 29.9. The molecule has 1 aromatic rings. The molecule has 9 heteroatoms. The molecule has 4 fully saturated rings. The van der Waals surface area contributed by atoms with E-state index in [1.165, 1.54) is 0 Å². The Bertz CT molecular complexity index is 999. The van der Waals surface area contributed by atoms with Gasteiger partial charge in [0.05, 0.1) is 18.2 Å². The largest absolute Gasteiger partial charge is 0.395 e. The van der Waals surface area contributed by atoms with Crippen LogP contribution in [0, 0.1) is 5.92 Å². The van der Waals surface area contributed by atoms with Crippen molar-refractivity contribution in [2.45, 2.75) is 107 Å². The van der Waals surface area contributed by atoms with Crippen molar-refractivity contribution in [1.82, 2.24) is 20.0 Å². The molecule has 39 heavy (non-hydrogen) atoms. The maximum absolute atomic E-state index is 13.7. The van der Waals surface area contributed by atoms with E-state index in [2.05, 4.69) is 29.0 Å². The Kier molecular flexibility index (Phi) is 8.20. The van der Waals surface area contributed by atoms with Crippen molar-refractivity contribution < 1.29 is 23.5 Å². The fourth-order valence-electron chi connectivity index (χ4n) is 7.90. The number of benzene rings is 1. The zero-order valence-electron chi connectivity index (χ0n) is 23.3. The topological polar surface area (TPSA) is 76.1 Å². The van der Waals surface area contributed by atoms with Gasteiger partial charge >= 0.3 is 6.03 Å². The zero-order chi connectivity index (χ0) is 27.8. The standard InChI is InChI=1S/C30H44F2N4O3/c1-21(2)36-28(39)34(16-17-37)20-29(36)18-24-8-9-25(19-29)35(24)15-12-26(22-6-4-3-5-7-22)33-27(38)23-10-13-30(31,32)14-11-23/h3-7,21,23-26,37H,8-20H2,1-2H3,(H,33,38)/t24?,25?,26-,29?/m0/s1. The van der Waals surface area contributed by atoms with Crippen LogP contribution >= 0.6 is 0 Å². The average molecular weight is 547 g/mol. The van der Waals surface area contributed by atoms with Crippen LogP contribution in [0.3, 0.4) is 0 Å². The second-order valence-corrected chi connectivity index (χ2v) is 12.5. The number of piperidine rings is 1. The molecule has 0 radical (unpaired) electrons. The second kappa shape index (κ2) is 11.3. The molecular weight excluding hydrogens is 502 g/mol. The number of fused-ring (bicyclic) bond motifs is 2. The van der Waals surface area contributed by atoms with E-state index >= 15 is 0 Å². The van der Waals surface area contributed by atoms with Crippen molar-refractivity contribution in [3.8, 4) is 0 Å². The molecule has 1 aliphatic carbocycles. The van der Waals surface area contributed by atoms with E-state index in [9.17, 15) is 23.5 Å². The molecule has 1 spiro atoms. The highest BCUT2D eigenvalue weighted by molar-refractivity contribution is 5.79. The number of rotatable bonds is 9. The van der Waals surface area contributed by atoms with Crippen LogP contribution in [0.15, 0.2) is 30.3 Å². The minimum Gasteiger partial charge on any atom is -0.395 e. The number of carbonyl (C=O) groups is 2. The van der Waals surface area contributed by atoms with Crippen LogP contribution in [0.5, 0.6) is 0 Å². The molecule has 0 aromatic heterocycles. The molecule has 2 bridgehead atoms. The first kappa shape index (κ1) is 28.3. The number of hydrogen-bond acceptors (Lipinski definition) is 4. The van der Waals surface area contributed by atoms with Crippen LogP contribution in [0.2, 0.25) is 0 Å². The summed E-state index contributed by atoms with van der Waals surface area (Å²) in [5, 5.41) is 12.7. The Hall–Kier alpha value is -2.26. The Balaban J connectivity index is 1.26. The first-order valence-corrected chi connectivity index (χ1v) is 14.8. The number of carbonyl (C=O) groups excluding carboxylic acids is 2. The predicted molar refractivity (Wildman–Crippen MR) is 145 cm³/mol. The zero-order valence-corrected chi connectivity index (χ0v) is 23.3. The van der Waals surface area contributed by atoms with Crippen LogP contribution in [-0.4, -0.2) is 87.6 Å². The van der Waals surface area contributed by atoms with E-state index < -0.39 is 5.92 Å². The molecule has 216 valence electrons. The number of nitrogens with one attached hydrogen (secondary N) is 1. The van der Waals surface area contributed by atoms with Gasteiger partial charge in [-0.05, 0) is 64.4 Å². The fourth-order valence-corrected chi connectivity index (χ4v) is 7.90. The third kappa shape index (κ3) is 5.80. The van der Waals surface area contributed by atoms with Gasteiger partial charge in [0.25, 0.3) is 0 Å². The van der Waals surface area contributed by atoms with Crippen LogP contribution in [0.25, 0.3) is 0 Å². The molecule has 3 amide bonds. The van der Waals surface area contributed by atoms with E-state index in [1.807, 2.05) is 35.2 Å². The summed E-state index contributed by atoms with van der Waals surface area (Å²) in [4.78, 5) is 32.8. The predicted octanol–water partition coefficient (Wildman–Crippen LogP) is 4.56. The first-order valence-electron chi connectivity index (χ1n) is 14.8. The van der Waals surface area contributed by atoms with Crippen LogP contribution in [0.1, 0.15) is 83.2 Å². The minimum absolute atomic E-state index is 0.0252. The smallest absolute Gasteiger partial charge is 0.320 e. The van der Waals surface area contributed by atoms with Gasteiger partial charge in [-0.25, -0.2) is 13.6 Å². The van der Waals surface area contributed by atoms with Gasteiger partial charge in [0, 0.05) is 56.5 Å². The van der Waals surface area contributed by atoms with Crippen molar-refractivity contribution in [2.75, 3.05) is 26.2 Å². The SMILES string of the molecule is CC(C)N1C(=O)N(CCO)CC12CC1CCC(C2)N1CC[C@H](NC(=O)C1CCC(F)(F)CC1)c1ccccc1. The van der Waals surface area contributed by atoms with Gasteiger partial charge in [0.2, 0.25) is 11.8 Å². The number of alkyl halides is 2. The molecule has 1 saturated carbocycles. The Labute approximate surface area is 230 Å². The van der Waals surface area contributed by atoms with E-state index in [0.717, 1.165) is 44.2 Å². The van der Waals surface area contributed by atoms with Crippen molar-refractivity contribution in [3.63, 3.8) is 0 Å². The van der Waals surface area contributed by atoms with E-state index in [-0.39, 0.29) is 67.8 Å². The first-order chi connectivity index (χ1) is 18.6. The highest BCUT2D eigenvalue weighted by atomic mass is 19.3. The molecule has 3 heterocycles. The summed E-state index contributed by atoms with van der Waals surface area (Å²) in [5.41, 5.74) is 0.846. The van der Waals surface area contributed by atoms with Gasteiger partial charge in [0.15, 0.2) is 0 Å². The summed E-state index contributed by atoms with van der Waals surface area (Å²) in [6, 6.07) is 10.7. The Morgan fingerprint density at radius 2 is 1.69 bits per heavy atom. The lowest BCUT2D eigenvalue weighted by atomic mass is 9.81. The number of aliphatic hydroxyl groups is 1. The van der Waals surface area contributed by atoms with Gasteiger partial charge in [-0.2, -0.15) is 0 Å². The van der Waals surface area contributed by atoms with Gasteiger partial charge in [-0.1, -0.05) is 30.3 Å². The summed E-state index contributed by atoms with van der Waals surface area (Å²) in [6.45, 7) is 6.02. The molecule has 2 unspecified atom stereocenters. The summed E-state index contributed by atoms with van der Waals surface area (Å²) in [5.74, 6) is -3.11. The van der Waals surface area contributed by atoms with Gasteiger partial charge in [0.1, 0.15) is 0 Å². The summed E-state index contributed by atoms with van der Waals surface area (Å²) in [7, 11) is 0. The third-order valence-corrected chi connectivity index (χ3v) is 9.64. The van der Waals surface area contributed by atoms with Crippen LogP contribution < -0.4 is 5.32 Å². The lowest BCUT2D eigenvalue weighted by Gasteiger charge is -2.49. The monoisotopic (exact) mass is 546 g/mol. The number of amides is 3. The third-order valence-electron chi connectivity index (χ3n) is 9.64. The fraction of sp³-hybridized carbons (Fsp3) is 0.733. The molecule has 3 saturated heterocycles. The maximum Gasteiger partial charge on any atom is 0.320 e. The number of urea groups is 1. The molecule has 4 aliphatic rings. The second-order valence-electron chi connectivity index (χ2n) is 12.5. The van der Waals surface area contributed by atoms with Gasteiger partial charge in [-0.15, -0.1) is 0 Å². The lowest BCUT2D eigenvalue weighted by Crippen LogP contribution is -2.60. The molecule has 5 rings (SSSR count). The van der Waals surface area contributed by atoms with Crippen molar-refractivity contribution in [2.24, 2.45) is 5.92 Å². The van der Waals surface area contributed by atoms with Gasteiger partial charge < -0.3 is 20.2 Å². The van der Waals surface area contributed by atoms with E-state index in [1.54, 1.807) is 0 Å². The Morgan fingerprint density at radius 3 is 2.28 bits per heavy atom. The average Bonchev–Trinajstić information content (AvgIpc) is 3.30. The van der Waals surface area contributed by atoms with E-state index in [0.29, 0.717) is 25.2 Å². The van der Waals surface area contributed by atoms with Crippen molar-refractivity contribution in [1.29, 1.82) is 0 Å². The molecule has 1 aromatic carbocycles. The number of aliphatic hydroxyl groups excluding tert-OH is 1. The summed E-state index contributed by atoms with van der Waals surface area (Å²) >= 11 is 0. The minimum atomic E-state index is -2.65. The van der Waals surface area contributed by atoms with Crippen LogP contribution in [-0.2, 0) is 4.79 Å². The van der Waals surface area contributed by atoms with Crippen molar-refractivity contribution >= 4 is 11.9 Å². The quantitative estimate of drug-likeness (QED) is 0.476. The molecule has 7 nitrogen and oxygen atoms in total. The van der Waals surface area contributed by atoms with Gasteiger partial charge in [-0.3, -0.25) is 9.69 Å². The van der Waals surface area contributed by atoms with E-state index in [4.69, 9.17) is 0 Å². The molecular formula is C30H44F2N4O3.